The molecule has 0 radical (unpaired) electrons. The largest absolute Gasteiger partial charge is 0.396 e. The van der Waals surface area contributed by atoms with E-state index in [-0.39, 0.29) is 10.8 Å². The average Bonchev–Trinajstić information content (AvgIpc) is 2.17. The van der Waals surface area contributed by atoms with Crippen molar-refractivity contribution in [3.8, 4) is 11.8 Å². The third kappa shape index (κ3) is 4.41. The van der Waals surface area contributed by atoms with Crippen LogP contribution in [0.5, 0.6) is 0 Å². The van der Waals surface area contributed by atoms with Gasteiger partial charge in [-0.1, -0.05) is 47.5 Å². The second-order valence-electron chi connectivity index (χ2n) is 6.92. The maximum atomic E-state index is 5.92. The Kier molecular flexibility index (Phi) is 4.06. The van der Waals surface area contributed by atoms with Gasteiger partial charge in [0, 0.05) is 17.5 Å². The third-order valence-corrected chi connectivity index (χ3v) is 2.52. The van der Waals surface area contributed by atoms with Crippen molar-refractivity contribution in [3.05, 3.63) is 23.5 Å². The van der Waals surface area contributed by atoms with E-state index in [9.17, 15) is 0 Å². The predicted molar refractivity (Wildman–Crippen MR) is 78.3 cm³/mol. The maximum absolute atomic E-state index is 5.92. The number of rotatable bonds is 0. The van der Waals surface area contributed by atoms with E-state index in [1.807, 2.05) is 12.1 Å². The molecule has 0 aliphatic carbocycles. The van der Waals surface area contributed by atoms with Crippen LogP contribution >= 0.6 is 0 Å². The Morgan fingerprint density at radius 1 is 1.11 bits per heavy atom. The fourth-order valence-corrected chi connectivity index (χ4v) is 1.38. The number of anilines is 1. The van der Waals surface area contributed by atoms with E-state index in [2.05, 4.69) is 58.4 Å². The number of hydrogen-bond donors (Lipinski definition) is 1. The summed E-state index contributed by atoms with van der Waals surface area (Å²) in [5.74, 6) is 6.26. The molecule has 0 spiro atoms. The Morgan fingerprint density at radius 2 is 1.72 bits per heavy atom. The molecule has 0 amide bonds. The molecule has 2 heteroatoms. The zero-order valence-corrected chi connectivity index (χ0v) is 12.4. The van der Waals surface area contributed by atoms with Crippen molar-refractivity contribution in [3.63, 3.8) is 0 Å². The van der Waals surface area contributed by atoms with Crippen molar-refractivity contribution in [2.45, 2.75) is 53.4 Å². The monoisotopic (exact) mass is 244 g/mol. The van der Waals surface area contributed by atoms with Gasteiger partial charge in [0.2, 0.25) is 0 Å². The minimum atomic E-state index is 0.0220. The van der Waals surface area contributed by atoms with E-state index >= 15 is 0 Å². The molecule has 98 valence electrons. The van der Waals surface area contributed by atoms with Crippen molar-refractivity contribution in [2.24, 2.45) is 5.41 Å². The third-order valence-electron chi connectivity index (χ3n) is 2.52. The molecule has 1 heterocycles. The molecule has 0 saturated carbocycles. The van der Waals surface area contributed by atoms with Crippen molar-refractivity contribution >= 4 is 5.69 Å². The lowest BCUT2D eigenvalue weighted by Crippen LogP contribution is -2.14. The Morgan fingerprint density at radius 3 is 2.22 bits per heavy atom. The van der Waals surface area contributed by atoms with Crippen LogP contribution in [0.3, 0.4) is 0 Å². The molecule has 2 nitrogen and oxygen atoms in total. The van der Waals surface area contributed by atoms with E-state index < -0.39 is 0 Å². The van der Waals surface area contributed by atoms with Gasteiger partial charge in [-0.05, 0) is 23.5 Å². The first-order valence-corrected chi connectivity index (χ1v) is 6.35. The van der Waals surface area contributed by atoms with Crippen LogP contribution in [-0.4, -0.2) is 4.98 Å². The number of aromatic nitrogens is 1. The van der Waals surface area contributed by atoms with Crippen molar-refractivity contribution < 1.29 is 0 Å². The number of nitrogens with zero attached hydrogens (tertiary/aromatic N) is 1. The first-order valence-electron chi connectivity index (χ1n) is 6.35. The molecule has 0 bridgehead atoms. The Bertz CT molecular complexity index is 477. The second kappa shape index (κ2) is 5.02. The fraction of sp³-hybridized carbons (Fsp3) is 0.562. The summed E-state index contributed by atoms with van der Waals surface area (Å²) in [5.41, 5.74) is 8.53. The number of hydrogen-bond acceptors (Lipinski definition) is 2. The van der Waals surface area contributed by atoms with Crippen molar-refractivity contribution in [2.75, 3.05) is 5.73 Å². The first-order chi connectivity index (χ1) is 8.09. The van der Waals surface area contributed by atoms with Crippen molar-refractivity contribution in [1.82, 2.24) is 4.98 Å². The number of nitrogens with two attached hydrogens (primary N) is 1. The van der Waals surface area contributed by atoms with Crippen LogP contribution in [0.25, 0.3) is 0 Å². The molecular formula is C16H24N2. The van der Waals surface area contributed by atoms with Gasteiger partial charge in [-0.15, -0.1) is 0 Å². The Balaban J connectivity index is 3.02. The van der Waals surface area contributed by atoms with Gasteiger partial charge in [0.1, 0.15) is 5.69 Å². The lowest BCUT2D eigenvalue weighted by molar-refractivity contribution is 0.428. The fourth-order valence-electron chi connectivity index (χ4n) is 1.38. The topological polar surface area (TPSA) is 38.9 Å². The Hall–Kier alpha value is -1.49. The normalized spacial score (nSPS) is 11.9. The summed E-state index contributed by atoms with van der Waals surface area (Å²) < 4.78 is 0. The second-order valence-corrected chi connectivity index (χ2v) is 6.92. The molecule has 0 fully saturated rings. The van der Waals surface area contributed by atoms with Gasteiger partial charge in [0.15, 0.2) is 0 Å². The Labute approximate surface area is 111 Å². The lowest BCUT2D eigenvalue weighted by atomic mass is 9.91. The van der Waals surface area contributed by atoms with Gasteiger partial charge >= 0.3 is 0 Å². The summed E-state index contributed by atoms with van der Waals surface area (Å²) in [5, 5.41) is 0. The summed E-state index contributed by atoms with van der Waals surface area (Å²) in [6, 6.07) is 3.87. The van der Waals surface area contributed by atoms with Gasteiger partial charge in [0.25, 0.3) is 0 Å². The van der Waals surface area contributed by atoms with Crippen LogP contribution in [-0.2, 0) is 5.41 Å². The number of nitrogen functional groups attached to an aromatic ring is 1. The molecule has 0 aliphatic rings. The van der Waals surface area contributed by atoms with Crippen LogP contribution in [0.4, 0.5) is 5.69 Å². The highest BCUT2D eigenvalue weighted by atomic mass is 14.8. The summed E-state index contributed by atoms with van der Waals surface area (Å²) in [7, 11) is 0. The van der Waals surface area contributed by atoms with Gasteiger partial charge in [0.05, 0.1) is 5.69 Å². The molecular weight excluding hydrogens is 220 g/mol. The molecule has 0 aliphatic heterocycles. The van der Waals surface area contributed by atoms with Crippen molar-refractivity contribution in [1.29, 1.82) is 0 Å². The summed E-state index contributed by atoms with van der Waals surface area (Å²) in [4.78, 5) is 4.56. The summed E-state index contributed by atoms with van der Waals surface area (Å²) >= 11 is 0. The van der Waals surface area contributed by atoms with Gasteiger partial charge in [-0.3, -0.25) is 0 Å². The molecule has 1 aromatic rings. The summed E-state index contributed by atoms with van der Waals surface area (Å²) in [6.45, 7) is 12.9. The lowest BCUT2D eigenvalue weighted by Gasteiger charge is -2.18. The highest BCUT2D eigenvalue weighted by Gasteiger charge is 2.16. The molecule has 2 N–H and O–H groups in total. The van der Waals surface area contributed by atoms with Gasteiger partial charge in [-0.2, -0.15) is 0 Å². The average molecular weight is 244 g/mol. The quantitative estimate of drug-likeness (QED) is 0.706. The molecule has 0 saturated heterocycles. The highest BCUT2D eigenvalue weighted by Crippen LogP contribution is 2.22. The SMILES string of the molecule is CC(C)(C)CC#Cc1nc(C(C)(C)C)ccc1N. The van der Waals surface area contributed by atoms with Gasteiger partial charge in [-0.25, -0.2) is 4.98 Å². The highest BCUT2D eigenvalue weighted by molar-refractivity contribution is 5.52. The molecule has 0 unspecified atom stereocenters. The molecule has 1 aromatic heterocycles. The van der Waals surface area contributed by atoms with Crippen LogP contribution in [0.1, 0.15) is 59.4 Å². The smallest absolute Gasteiger partial charge is 0.136 e. The van der Waals surface area contributed by atoms with Gasteiger partial charge < -0.3 is 5.73 Å². The zero-order chi connectivity index (χ0) is 14.0. The first kappa shape index (κ1) is 14.6. The van der Waals surface area contributed by atoms with Crippen LogP contribution < -0.4 is 5.73 Å². The van der Waals surface area contributed by atoms with Crippen LogP contribution in [0, 0.1) is 17.3 Å². The molecule has 1 rings (SSSR count). The predicted octanol–water partition coefficient (Wildman–Crippen LogP) is 3.75. The maximum Gasteiger partial charge on any atom is 0.136 e. The van der Waals surface area contributed by atoms with E-state index in [1.54, 1.807) is 0 Å². The number of pyridine rings is 1. The van der Waals surface area contributed by atoms with Crippen LogP contribution in [0.2, 0.25) is 0 Å². The standard InChI is InChI=1S/C16H24N2/c1-15(2,3)11-7-8-13-12(17)9-10-14(18-13)16(4,5)6/h9-10H,11,17H2,1-6H3. The molecule has 0 atom stereocenters. The van der Waals surface area contributed by atoms with E-state index in [1.165, 1.54) is 0 Å². The minimum Gasteiger partial charge on any atom is -0.396 e. The van der Waals surface area contributed by atoms with E-state index in [0.717, 1.165) is 12.1 Å². The van der Waals surface area contributed by atoms with E-state index in [4.69, 9.17) is 5.73 Å². The van der Waals surface area contributed by atoms with E-state index in [0.29, 0.717) is 11.4 Å². The minimum absolute atomic E-state index is 0.0220. The zero-order valence-electron chi connectivity index (χ0n) is 12.4. The summed E-state index contributed by atoms with van der Waals surface area (Å²) in [6.07, 6.45) is 0.841. The van der Waals surface area contributed by atoms with Crippen LogP contribution in [0.15, 0.2) is 12.1 Å². The molecule has 0 aromatic carbocycles. The molecule has 18 heavy (non-hydrogen) atoms.